The van der Waals surface area contributed by atoms with Gasteiger partial charge < -0.3 is 19.9 Å². The molecule has 1 aromatic rings. The van der Waals surface area contributed by atoms with Crippen LogP contribution in [0.2, 0.25) is 0 Å². The lowest BCUT2D eigenvalue weighted by molar-refractivity contribution is -0.143. The second-order valence-electron chi connectivity index (χ2n) is 9.34. The number of carbonyl (C=O) groups is 1. The highest BCUT2D eigenvalue weighted by molar-refractivity contribution is 5.79. The maximum Gasteiger partial charge on any atom is 0.416 e. The summed E-state index contributed by atoms with van der Waals surface area (Å²) in [6.07, 6.45) is -5.40. The Labute approximate surface area is 194 Å². The molecule has 11 heteroatoms. The van der Waals surface area contributed by atoms with Crippen molar-refractivity contribution in [3.63, 3.8) is 0 Å². The zero-order valence-corrected chi connectivity index (χ0v) is 18.7. The fourth-order valence-corrected chi connectivity index (χ4v) is 5.12. The van der Waals surface area contributed by atoms with Crippen molar-refractivity contribution in [1.82, 2.24) is 10.2 Å². The van der Waals surface area contributed by atoms with Crippen LogP contribution in [-0.4, -0.2) is 62.3 Å². The summed E-state index contributed by atoms with van der Waals surface area (Å²) in [5, 5.41) is 3.63. The van der Waals surface area contributed by atoms with Gasteiger partial charge in [-0.1, -0.05) is 0 Å². The molecule has 1 aliphatic carbocycles. The third-order valence-corrected chi connectivity index (χ3v) is 7.00. The van der Waals surface area contributed by atoms with E-state index in [0.717, 1.165) is 57.5 Å². The van der Waals surface area contributed by atoms with Crippen molar-refractivity contribution in [2.24, 2.45) is 5.92 Å². The minimum Gasteiger partial charge on any atom is -0.381 e. The molecular weight excluding hydrogens is 464 g/mol. The molecule has 0 radical (unpaired) electrons. The Morgan fingerprint density at radius 2 is 1.41 bits per heavy atom. The Hall–Kier alpha value is -2.01. The third-order valence-electron chi connectivity index (χ3n) is 7.00. The van der Waals surface area contributed by atoms with E-state index in [1.54, 1.807) is 4.90 Å². The number of amides is 1. The van der Waals surface area contributed by atoms with Crippen LogP contribution < -0.4 is 10.2 Å². The average Bonchev–Trinajstić information content (AvgIpc) is 3.26. The fourth-order valence-electron chi connectivity index (χ4n) is 5.12. The Balaban J connectivity index is 1.34. The smallest absolute Gasteiger partial charge is 0.381 e. The third kappa shape index (κ3) is 5.97. The van der Waals surface area contributed by atoms with Crippen LogP contribution in [0.1, 0.15) is 43.2 Å². The van der Waals surface area contributed by atoms with Crippen LogP contribution >= 0.6 is 0 Å². The van der Waals surface area contributed by atoms with Gasteiger partial charge in [-0.25, -0.2) is 0 Å². The molecule has 5 nitrogen and oxygen atoms in total. The molecule has 1 saturated carbocycles. The van der Waals surface area contributed by atoms with Crippen LogP contribution in [0.4, 0.5) is 32.0 Å². The second kappa shape index (κ2) is 9.93. The molecule has 0 bridgehead atoms. The number of ether oxygens (including phenoxy) is 1. The number of benzene rings is 1. The molecule has 3 aliphatic rings. The van der Waals surface area contributed by atoms with Crippen molar-refractivity contribution in [3.05, 3.63) is 29.3 Å². The number of rotatable bonds is 4. The Morgan fingerprint density at radius 3 is 1.97 bits per heavy atom. The minimum atomic E-state index is -4.88. The van der Waals surface area contributed by atoms with Crippen molar-refractivity contribution in [2.75, 3.05) is 44.3 Å². The van der Waals surface area contributed by atoms with Crippen molar-refractivity contribution in [2.45, 2.75) is 56.5 Å². The van der Waals surface area contributed by atoms with Crippen LogP contribution in [-0.2, 0) is 21.9 Å². The van der Waals surface area contributed by atoms with Crippen LogP contribution in [0.15, 0.2) is 18.2 Å². The summed E-state index contributed by atoms with van der Waals surface area (Å²) in [5.74, 6) is -0.0785. The van der Waals surface area contributed by atoms with E-state index in [9.17, 15) is 31.1 Å². The van der Waals surface area contributed by atoms with Crippen molar-refractivity contribution < 1.29 is 35.9 Å². The monoisotopic (exact) mass is 493 g/mol. The molecular formula is C23H29F6N3O2. The standard InChI is InChI=1S/C23H29F6N3O2/c24-22(25,26)16-12-17(23(27,28)29)14-20(13-16)31-5-7-32(8-6-31)21(33)15-1-2-19(11-15)30-18-3-9-34-10-4-18/h12-15,18-19,30H,1-11H2. The molecule has 2 saturated heterocycles. The molecule has 1 amide bonds. The summed E-state index contributed by atoms with van der Waals surface area (Å²) in [5.41, 5.74) is -2.79. The van der Waals surface area contributed by atoms with E-state index in [1.165, 1.54) is 4.90 Å². The van der Waals surface area contributed by atoms with Gasteiger partial charge >= 0.3 is 12.4 Å². The summed E-state index contributed by atoms with van der Waals surface area (Å²) in [6, 6.07) is 2.31. The van der Waals surface area contributed by atoms with Gasteiger partial charge in [-0.05, 0) is 50.3 Å². The molecule has 34 heavy (non-hydrogen) atoms. The number of nitrogens with one attached hydrogen (secondary N) is 1. The Kier molecular flexibility index (Phi) is 7.33. The molecule has 4 rings (SSSR count). The van der Waals surface area contributed by atoms with Gasteiger partial charge in [-0.2, -0.15) is 26.3 Å². The number of nitrogens with zero attached hydrogens (tertiary/aromatic N) is 2. The zero-order chi connectivity index (χ0) is 24.5. The number of carbonyl (C=O) groups excluding carboxylic acids is 1. The Bertz CT molecular complexity index is 829. The molecule has 190 valence electrons. The largest absolute Gasteiger partial charge is 0.416 e. The van der Waals surface area contributed by atoms with Gasteiger partial charge in [0, 0.05) is 63.1 Å². The number of piperazine rings is 1. The van der Waals surface area contributed by atoms with Gasteiger partial charge in [0.1, 0.15) is 0 Å². The summed E-state index contributed by atoms with van der Waals surface area (Å²) < 4.78 is 84.4. The Morgan fingerprint density at radius 1 is 0.824 bits per heavy atom. The van der Waals surface area contributed by atoms with Crippen LogP contribution in [0.25, 0.3) is 0 Å². The minimum absolute atomic E-state index is 0.0240. The van der Waals surface area contributed by atoms with Gasteiger partial charge in [-0.3, -0.25) is 4.79 Å². The molecule has 0 aromatic heterocycles. The summed E-state index contributed by atoms with van der Waals surface area (Å²) in [6.45, 7) is 2.39. The quantitative estimate of drug-likeness (QED) is 0.635. The predicted octanol–water partition coefficient (Wildman–Crippen LogP) is 4.31. The van der Waals surface area contributed by atoms with E-state index in [0.29, 0.717) is 6.04 Å². The number of alkyl halides is 6. The molecule has 0 spiro atoms. The summed E-state index contributed by atoms with van der Waals surface area (Å²) in [4.78, 5) is 16.2. The second-order valence-corrected chi connectivity index (χ2v) is 9.34. The van der Waals surface area contributed by atoms with Crippen LogP contribution in [0.3, 0.4) is 0 Å². The first-order valence-corrected chi connectivity index (χ1v) is 11.7. The van der Waals surface area contributed by atoms with E-state index in [4.69, 9.17) is 4.74 Å². The highest BCUT2D eigenvalue weighted by Gasteiger charge is 2.38. The molecule has 1 aromatic carbocycles. The topological polar surface area (TPSA) is 44.8 Å². The highest BCUT2D eigenvalue weighted by Crippen LogP contribution is 2.38. The van der Waals surface area contributed by atoms with Crippen LogP contribution in [0, 0.1) is 5.92 Å². The number of anilines is 1. The van der Waals surface area contributed by atoms with Gasteiger partial charge in [0.2, 0.25) is 5.91 Å². The van der Waals surface area contributed by atoms with E-state index in [1.807, 2.05) is 0 Å². The van der Waals surface area contributed by atoms with Crippen molar-refractivity contribution in [1.29, 1.82) is 0 Å². The molecule has 1 N–H and O–H groups in total. The maximum atomic E-state index is 13.2. The molecule has 3 fully saturated rings. The first kappa shape index (κ1) is 25.1. The van der Waals surface area contributed by atoms with Gasteiger partial charge in [0.25, 0.3) is 0 Å². The first-order chi connectivity index (χ1) is 16.0. The lowest BCUT2D eigenvalue weighted by atomic mass is 10.0. The van der Waals surface area contributed by atoms with E-state index in [2.05, 4.69) is 5.32 Å². The normalized spacial score (nSPS) is 25.1. The fraction of sp³-hybridized carbons (Fsp3) is 0.696. The first-order valence-electron chi connectivity index (χ1n) is 11.7. The SMILES string of the molecule is O=C(C1CCC(NC2CCOCC2)C1)N1CCN(c2cc(C(F)(F)F)cc(C(F)(F)F)c2)CC1. The van der Waals surface area contributed by atoms with Gasteiger partial charge in [-0.15, -0.1) is 0 Å². The molecule has 2 aliphatic heterocycles. The molecule has 2 heterocycles. The zero-order valence-electron chi connectivity index (χ0n) is 18.7. The van der Waals surface area contributed by atoms with E-state index < -0.39 is 23.5 Å². The lowest BCUT2D eigenvalue weighted by Gasteiger charge is -2.37. The van der Waals surface area contributed by atoms with Crippen LogP contribution in [0.5, 0.6) is 0 Å². The summed E-state index contributed by atoms with van der Waals surface area (Å²) in [7, 11) is 0. The number of hydrogen-bond acceptors (Lipinski definition) is 4. The maximum absolute atomic E-state index is 13.2. The van der Waals surface area contributed by atoms with E-state index in [-0.39, 0.29) is 55.8 Å². The van der Waals surface area contributed by atoms with Gasteiger partial charge in [0.05, 0.1) is 11.1 Å². The average molecular weight is 493 g/mol. The van der Waals surface area contributed by atoms with Gasteiger partial charge in [0.15, 0.2) is 0 Å². The number of halogens is 6. The highest BCUT2D eigenvalue weighted by atomic mass is 19.4. The van der Waals surface area contributed by atoms with E-state index >= 15 is 0 Å². The molecule has 2 unspecified atom stereocenters. The molecule has 2 atom stereocenters. The summed E-state index contributed by atoms with van der Waals surface area (Å²) >= 11 is 0. The lowest BCUT2D eigenvalue weighted by Crippen LogP contribution is -2.50. The predicted molar refractivity (Wildman–Crippen MR) is 113 cm³/mol. The van der Waals surface area contributed by atoms with Crippen molar-refractivity contribution in [3.8, 4) is 0 Å². The van der Waals surface area contributed by atoms with Crippen molar-refractivity contribution >= 4 is 11.6 Å². The number of hydrogen-bond donors (Lipinski definition) is 1.